The van der Waals surface area contributed by atoms with Crippen LogP contribution in [-0.4, -0.2) is 23.5 Å². The van der Waals surface area contributed by atoms with Crippen molar-refractivity contribution in [2.75, 3.05) is 6.61 Å². The van der Waals surface area contributed by atoms with Gasteiger partial charge in [-0.1, -0.05) is 25.4 Å². The number of allylic oxidation sites excluding steroid dienone is 3. The van der Waals surface area contributed by atoms with Crippen molar-refractivity contribution in [2.24, 2.45) is 5.41 Å². The van der Waals surface area contributed by atoms with Crippen molar-refractivity contribution in [1.82, 2.24) is 5.32 Å². The van der Waals surface area contributed by atoms with E-state index in [0.29, 0.717) is 40.3 Å². The van der Waals surface area contributed by atoms with Crippen LogP contribution in [0.3, 0.4) is 0 Å². The molecule has 0 bridgehead atoms. The van der Waals surface area contributed by atoms with Crippen LogP contribution in [0.2, 0.25) is 5.02 Å². The Labute approximate surface area is 164 Å². The second-order valence-electron chi connectivity index (χ2n) is 7.85. The fourth-order valence-corrected chi connectivity index (χ4v) is 4.16. The summed E-state index contributed by atoms with van der Waals surface area (Å²) in [6.07, 6.45) is 1.06. The Bertz CT molecular complexity index is 882. The zero-order valence-corrected chi connectivity index (χ0v) is 16.7. The van der Waals surface area contributed by atoms with Crippen LogP contribution in [0.4, 0.5) is 0 Å². The predicted octanol–water partition coefficient (Wildman–Crippen LogP) is 4.21. The molecule has 1 heterocycles. The molecule has 1 aliphatic carbocycles. The van der Waals surface area contributed by atoms with Crippen molar-refractivity contribution in [3.63, 3.8) is 0 Å². The number of nitrogens with one attached hydrogen (secondary N) is 1. The van der Waals surface area contributed by atoms with Gasteiger partial charge < -0.3 is 15.2 Å². The molecule has 27 heavy (non-hydrogen) atoms. The quantitative estimate of drug-likeness (QED) is 0.757. The van der Waals surface area contributed by atoms with Crippen molar-refractivity contribution in [3.05, 3.63) is 51.3 Å². The third-order valence-corrected chi connectivity index (χ3v) is 5.27. The van der Waals surface area contributed by atoms with E-state index < -0.39 is 11.9 Å². The van der Waals surface area contributed by atoms with Crippen LogP contribution in [0.25, 0.3) is 0 Å². The molecule has 0 saturated heterocycles. The maximum Gasteiger partial charge on any atom is 0.336 e. The number of phenolic OH excluding ortho intramolecular Hbond substituents is 1. The van der Waals surface area contributed by atoms with Gasteiger partial charge in [-0.05, 0) is 43.9 Å². The summed E-state index contributed by atoms with van der Waals surface area (Å²) < 4.78 is 5.24. The first-order valence-corrected chi connectivity index (χ1v) is 9.42. The van der Waals surface area contributed by atoms with Gasteiger partial charge in [-0.3, -0.25) is 4.79 Å². The first-order valence-electron chi connectivity index (χ1n) is 9.04. The Morgan fingerprint density at radius 3 is 2.74 bits per heavy atom. The predicted molar refractivity (Wildman–Crippen MR) is 103 cm³/mol. The highest BCUT2D eigenvalue weighted by Crippen LogP contribution is 2.48. The summed E-state index contributed by atoms with van der Waals surface area (Å²) in [4.78, 5) is 25.8. The standard InChI is InChI=1S/C21H24ClNO4/c1-5-27-20(26)17-11(2)23-14-9-21(3,4)10-16(25)19(14)18(17)13-8-12(22)6-7-15(13)24/h6-8,18,23-24H,5,9-10H2,1-4H3/t18-/m0/s1. The van der Waals surface area contributed by atoms with E-state index in [1.54, 1.807) is 26.0 Å². The summed E-state index contributed by atoms with van der Waals surface area (Å²) in [6.45, 7) is 7.83. The molecule has 0 aromatic heterocycles. The van der Waals surface area contributed by atoms with Crippen LogP contribution < -0.4 is 5.32 Å². The number of dihydropyridines is 1. The Hall–Kier alpha value is -2.27. The van der Waals surface area contributed by atoms with Crippen molar-refractivity contribution in [1.29, 1.82) is 0 Å². The molecule has 0 saturated carbocycles. The number of aromatic hydroxyl groups is 1. The molecular formula is C21H24ClNO4. The maximum absolute atomic E-state index is 13.1. The molecule has 2 N–H and O–H groups in total. The first kappa shape index (κ1) is 19.5. The molecule has 3 rings (SSSR count). The number of ketones is 1. The molecule has 1 aliphatic heterocycles. The lowest BCUT2D eigenvalue weighted by molar-refractivity contribution is -0.138. The van der Waals surface area contributed by atoms with Gasteiger partial charge in [0, 0.05) is 34.0 Å². The van der Waals surface area contributed by atoms with Crippen LogP contribution in [0.15, 0.2) is 40.7 Å². The van der Waals surface area contributed by atoms with Crippen molar-refractivity contribution in [2.45, 2.75) is 46.5 Å². The van der Waals surface area contributed by atoms with Gasteiger partial charge in [-0.15, -0.1) is 0 Å². The molecule has 0 amide bonds. The van der Waals surface area contributed by atoms with Crippen molar-refractivity contribution < 1.29 is 19.4 Å². The second kappa shape index (κ2) is 7.04. The lowest BCUT2D eigenvalue weighted by atomic mass is 9.68. The van der Waals surface area contributed by atoms with Gasteiger partial charge >= 0.3 is 5.97 Å². The number of hydrogen-bond donors (Lipinski definition) is 2. The molecule has 5 nitrogen and oxygen atoms in total. The lowest BCUT2D eigenvalue weighted by Gasteiger charge is -2.39. The van der Waals surface area contributed by atoms with Crippen LogP contribution in [-0.2, 0) is 14.3 Å². The average molecular weight is 390 g/mol. The molecule has 1 atom stereocenters. The van der Waals surface area contributed by atoms with Gasteiger partial charge in [-0.25, -0.2) is 4.79 Å². The van der Waals surface area contributed by atoms with E-state index >= 15 is 0 Å². The number of Topliss-reactive ketones (excluding diaryl/α,β-unsaturated/α-hetero) is 1. The highest BCUT2D eigenvalue weighted by molar-refractivity contribution is 6.30. The summed E-state index contributed by atoms with van der Waals surface area (Å²) in [6, 6.07) is 4.66. The van der Waals surface area contributed by atoms with Crippen LogP contribution in [0, 0.1) is 5.41 Å². The molecular weight excluding hydrogens is 366 g/mol. The largest absolute Gasteiger partial charge is 0.508 e. The zero-order valence-electron chi connectivity index (χ0n) is 16.0. The SMILES string of the molecule is CCOC(=O)C1=C(C)NC2=C(C(=O)CC(C)(C)C2)[C@H]1c1cc(Cl)ccc1O. The second-order valence-corrected chi connectivity index (χ2v) is 8.29. The van der Waals surface area contributed by atoms with E-state index in [1.807, 2.05) is 13.8 Å². The number of rotatable bonds is 3. The van der Waals surface area contributed by atoms with E-state index in [2.05, 4.69) is 5.32 Å². The lowest BCUT2D eigenvalue weighted by Crippen LogP contribution is -2.38. The fourth-order valence-electron chi connectivity index (χ4n) is 3.98. The molecule has 1 aromatic rings. The minimum atomic E-state index is -0.706. The Morgan fingerprint density at radius 2 is 2.07 bits per heavy atom. The Balaban J connectivity index is 2.24. The molecule has 6 heteroatoms. The van der Waals surface area contributed by atoms with Gasteiger partial charge in [0.2, 0.25) is 0 Å². The Morgan fingerprint density at radius 1 is 1.37 bits per heavy atom. The number of hydrogen-bond acceptors (Lipinski definition) is 5. The first-order chi connectivity index (χ1) is 12.6. The van der Waals surface area contributed by atoms with Crippen molar-refractivity contribution >= 4 is 23.4 Å². The number of carbonyl (C=O) groups is 2. The van der Waals surface area contributed by atoms with Gasteiger partial charge in [0.15, 0.2) is 5.78 Å². The summed E-state index contributed by atoms with van der Waals surface area (Å²) in [5.74, 6) is -1.25. The van der Waals surface area contributed by atoms with Gasteiger partial charge in [0.05, 0.1) is 18.1 Å². The van der Waals surface area contributed by atoms with Gasteiger partial charge in [0.25, 0.3) is 0 Å². The average Bonchev–Trinajstić information content (AvgIpc) is 2.54. The molecule has 0 unspecified atom stereocenters. The van der Waals surface area contributed by atoms with E-state index in [9.17, 15) is 14.7 Å². The third kappa shape index (κ3) is 3.61. The summed E-state index contributed by atoms with van der Waals surface area (Å²) in [7, 11) is 0. The van der Waals surface area contributed by atoms with Gasteiger partial charge in [-0.2, -0.15) is 0 Å². The number of benzene rings is 1. The fraction of sp³-hybridized carbons (Fsp3) is 0.429. The van der Waals surface area contributed by atoms with Crippen LogP contribution in [0.5, 0.6) is 5.75 Å². The topological polar surface area (TPSA) is 75.6 Å². The molecule has 0 radical (unpaired) electrons. The number of phenols is 1. The normalized spacial score (nSPS) is 21.7. The van der Waals surface area contributed by atoms with Crippen molar-refractivity contribution in [3.8, 4) is 5.75 Å². The Kier molecular flexibility index (Phi) is 5.08. The molecule has 1 aromatic carbocycles. The maximum atomic E-state index is 13.1. The highest BCUT2D eigenvalue weighted by Gasteiger charge is 2.43. The molecule has 0 fully saturated rings. The minimum Gasteiger partial charge on any atom is -0.508 e. The third-order valence-electron chi connectivity index (χ3n) is 5.04. The minimum absolute atomic E-state index is 0.00891. The summed E-state index contributed by atoms with van der Waals surface area (Å²) in [5.41, 5.74) is 2.54. The van der Waals surface area contributed by atoms with Gasteiger partial charge in [0.1, 0.15) is 5.75 Å². The van der Waals surface area contributed by atoms with E-state index in [4.69, 9.17) is 16.3 Å². The van der Waals surface area contributed by atoms with E-state index in [-0.39, 0.29) is 23.6 Å². The smallest absolute Gasteiger partial charge is 0.336 e. The summed E-state index contributed by atoms with van der Waals surface area (Å²) >= 11 is 6.16. The van der Waals surface area contributed by atoms with E-state index in [0.717, 1.165) is 5.70 Å². The number of carbonyl (C=O) groups excluding carboxylic acids is 2. The van der Waals surface area contributed by atoms with E-state index in [1.165, 1.54) is 6.07 Å². The number of halogens is 1. The monoisotopic (exact) mass is 389 g/mol. The summed E-state index contributed by atoms with van der Waals surface area (Å²) in [5, 5.41) is 14.2. The number of esters is 1. The zero-order chi connectivity index (χ0) is 19.9. The number of ether oxygens (including phenoxy) is 1. The highest BCUT2D eigenvalue weighted by atomic mass is 35.5. The van der Waals surface area contributed by atoms with Crippen LogP contribution in [0.1, 0.15) is 52.0 Å². The molecule has 2 aliphatic rings. The molecule has 144 valence electrons. The van der Waals surface area contributed by atoms with Crippen LogP contribution >= 0.6 is 11.6 Å². The molecule has 0 spiro atoms.